The highest BCUT2D eigenvalue weighted by atomic mass is 32.1. The third kappa shape index (κ3) is 4.35. The molecule has 3 heterocycles. The molecule has 4 aromatic rings. The van der Waals surface area contributed by atoms with E-state index in [-0.39, 0.29) is 29.8 Å². The zero-order valence-corrected chi connectivity index (χ0v) is 18.9. The van der Waals surface area contributed by atoms with Crippen LogP contribution in [0.5, 0.6) is 0 Å². The van der Waals surface area contributed by atoms with E-state index in [1.807, 2.05) is 53.9 Å². The molecule has 0 radical (unpaired) electrons. The number of carbonyl (C=O) groups excluding carboxylic acids is 3. The monoisotopic (exact) mass is 468 g/mol. The fourth-order valence-electron chi connectivity index (χ4n) is 3.79. The molecule has 0 unspecified atom stereocenters. The van der Waals surface area contributed by atoms with E-state index in [1.54, 1.807) is 18.3 Å². The lowest BCUT2D eigenvalue weighted by Crippen LogP contribution is -2.31. The van der Waals surface area contributed by atoms with Crippen LogP contribution in [0.2, 0.25) is 0 Å². The van der Waals surface area contributed by atoms with E-state index >= 15 is 0 Å². The summed E-state index contributed by atoms with van der Waals surface area (Å²) in [4.78, 5) is 48.4. The molecular formula is C26H20N4O3S. The number of nitrogens with zero attached hydrogens (tertiary/aromatic N) is 3. The number of imide groups is 1. The number of rotatable bonds is 7. The molecular weight excluding hydrogens is 448 g/mol. The molecule has 1 aliphatic heterocycles. The number of nitrogens with one attached hydrogen (secondary N) is 1. The summed E-state index contributed by atoms with van der Waals surface area (Å²) in [7, 11) is 0. The van der Waals surface area contributed by atoms with Gasteiger partial charge in [-0.3, -0.25) is 24.3 Å². The molecule has 168 valence electrons. The quantitative estimate of drug-likeness (QED) is 0.414. The SMILES string of the molecule is O=C(NCc1csc(-c2ccccn2)n1)c1ccc2c(c1)C(=O)N(CCc1ccccc1)C2=O. The second-order valence-corrected chi connectivity index (χ2v) is 8.66. The van der Waals surface area contributed by atoms with Crippen LogP contribution in [-0.4, -0.2) is 39.1 Å². The lowest BCUT2D eigenvalue weighted by molar-refractivity contribution is 0.0656. The van der Waals surface area contributed by atoms with Gasteiger partial charge in [0.1, 0.15) is 5.01 Å². The van der Waals surface area contributed by atoms with Gasteiger partial charge in [0.05, 0.1) is 29.1 Å². The predicted molar refractivity (Wildman–Crippen MR) is 128 cm³/mol. The molecule has 0 spiro atoms. The molecule has 8 heteroatoms. The minimum Gasteiger partial charge on any atom is -0.346 e. The van der Waals surface area contributed by atoms with Gasteiger partial charge in [0.15, 0.2) is 0 Å². The predicted octanol–water partition coefficient (Wildman–Crippen LogP) is 3.97. The van der Waals surface area contributed by atoms with E-state index in [9.17, 15) is 14.4 Å². The van der Waals surface area contributed by atoms with Gasteiger partial charge in [-0.1, -0.05) is 36.4 Å². The van der Waals surface area contributed by atoms with Crippen LogP contribution in [0.3, 0.4) is 0 Å². The zero-order valence-electron chi connectivity index (χ0n) is 18.1. The lowest BCUT2D eigenvalue weighted by Gasteiger charge is -2.13. The van der Waals surface area contributed by atoms with E-state index in [1.165, 1.54) is 22.3 Å². The first-order valence-corrected chi connectivity index (χ1v) is 11.7. The fourth-order valence-corrected chi connectivity index (χ4v) is 4.58. The first-order valence-electron chi connectivity index (χ1n) is 10.8. The average Bonchev–Trinajstić information content (AvgIpc) is 3.45. The number of hydrogen-bond donors (Lipinski definition) is 1. The standard InChI is InChI=1S/C26H20N4O3S/c31-23(28-15-19-16-34-24(29-19)22-8-4-5-12-27-22)18-9-10-20-21(14-18)26(33)30(25(20)32)13-11-17-6-2-1-3-7-17/h1-10,12,14,16H,11,13,15H2,(H,28,31). The Morgan fingerprint density at radius 2 is 1.74 bits per heavy atom. The Balaban J connectivity index is 1.24. The normalized spacial score (nSPS) is 12.6. The summed E-state index contributed by atoms with van der Waals surface area (Å²) in [5.74, 6) is -1.03. The molecule has 2 aromatic carbocycles. The second kappa shape index (κ2) is 9.36. The van der Waals surface area contributed by atoms with E-state index in [0.29, 0.717) is 24.1 Å². The van der Waals surface area contributed by atoms with Gasteiger partial charge >= 0.3 is 0 Å². The van der Waals surface area contributed by atoms with Crippen molar-refractivity contribution < 1.29 is 14.4 Å². The third-order valence-corrected chi connectivity index (χ3v) is 6.48. The molecule has 5 rings (SSSR count). The van der Waals surface area contributed by atoms with Crippen LogP contribution in [0.1, 0.15) is 42.3 Å². The van der Waals surface area contributed by atoms with Gasteiger partial charge < -0.3 is 5.32 Å². The van der Waals surface area contributed by atoms with Crippen LogP contribution in [0.25, 0.3) is 10.7 Å². The van der Waals surface area contributed by atoms with Crippen molar-refractivity contribution in [3.05, 3.63) is 106 Å². The maximum atomic E-state index is 12.9. The topological polar surface area (TPSA) is 92.3 Å². The van der Waals surface area contributed by atoms with Crippen LogP contribution in [0.4, 0.5) is 0 Å². The molecule has 34 heavy (non-hydrogen) atoms. The highest BCUT2D eigenvalue weighted by Gasteiger charge is 2.35. The van der Waals surface area contributed by atoms with Crippen LogP contribution in [-0.2, 0) is 13.0 Å². The molecule has 0 saturated carbocycles. The number of thiazole rings is 1. The van der Waals surface area contributed by atoms with Crippen molar-refractivity contribution in [3.63, 3.8) is 0 Å². The number of hydrogen-bond acceptors (Lipinski definition) is 6. The summed E-state index contributed by atoms with van der Waals surface area (Å²) in [5, 5.41) is 5.48. The number of amides is 3. The summed E-state index contributed by atoms with van der Waals surface area (Å²) in [6.45, 7) is 0.537. The number of carbonyl (C=O) groups is 3. The Bertz CT molecular complexity index is 1370. The van der Waals surface area contributed by atoms with Crippen molar-refractivity contribution >= 4 is 29.1 Å². The summed E-state index contributed by atoms with van der Waals surface area (Å²) in [5.41, 5.74) is 3.46. The van der Waals surface area contributed by atoms with E-state index in [4.69, 9.17) is 0 Å². The number of benzene rings is 2. The van der Waals surface area contributed by atoms with Crippen molar-refractivity contribution in [3.8, 4) is 10.7 Å². The van der Waals surface area contributed by atoms with Crippen LogP contribution in [0.15, 0.2) is 78.3 Å². The van der Waals surface area contributed by atoms with Gasteiger partial charge in [0.2, 0.25) is 0 Å². The van der Waals surface area contributed by atoms with Gasteiger partial charge in [-0.15, -0.1) is 11.3 Å². The highest BCUT2D eigenvalue weighted by molar-refractivity contribution is 7.13. The highest BCUT2D eigenvalue weighted by Crippen LogP contribution is 2.25. The Hall–Kier alpha value is -4.17. The molecule has 0 aliphatic carbocycles. The number of fused-ring (bicyclic) bond motifs is 1. The Morgan fingerprint density at radius 1 is 0.941 bits per heavy atom. The van der Waals surface area contributed by atoms with Gasteiger partial charge in [0.25, 0.3) is 17.7 Å². The molecule has 1 N–H and O–H groups in total. The van der Waals surface area contributed by atoms with Crippen LogP contribution < -0.4 is 5.32 Å². The smallest absolute Gasteiger partial charge is 0.261 e. The fraction of sp³-hybridized carbons (Fsp3) is 0.115. The molecule has 0 atom stereocenters. The maximum absolute atomic E-state index is 12.9. The van der Waals surface area contributed by atoms with Crippen molar-refractivity contribution in [1.29, 1.82) is 0 Å². The van der Waals surface area contributed by atoms with E-state index < -0.39 is 0 Å². The lowest BCUT2D eigenvalue weighted by atomic mass is 10.1. The molecule has 3 amide bonds. The largest absolute Gasteiger partial charge is 0.346 e. The maximum Gasteiger partial charge on any atom is 0.261 e. The molecule has 0 saturated heterocycles. The minimum absolute atomic E-state index is 0.245. The molecule has 7 nitrogen and oxygen atoms in total. The first-order chi connectivity index (χ1) is 16.6. The zero-order chi connectivity index (χ0) is 23.5. The summed E-state index contributed by atoms with van der Waals surface area (Å²) in [6.07, 6.45) is 2.29. The van der Waals surface area contributed by atoms with Crippen LogP contribution in [0, 0.1) is 0 Å². The Labute approximate surface area is 200 Å². The van der Waals surface area contributed by atoms with Crippen molar-refractivity contribution in [1.82, 2.24) is 20.2 Å². The van der Waals surface area contributed by atoms with E-state index in [0.717, 1.165) is 22.0 Å². The van der Waals surface area contributed by atoms with Gasteiger partial charge in [-0.2, -0.15) is 0 Å². The van der Waals surface area contributed by atoms with E-state index in [2.05, 4.69) is 15.3 Å². The number of aromatic nitrogens is 2. The summed E-state index contributed by atoms with van der Waals surface area (Å²) in [6, 6.07) is 19.9. The average molecular weight is 469 g/mol. The minimum atomic E-state index is -0.370. The van der Waals surface area contributed by atoms with Crippen molar-refractivity contribution in [2.75, 3.05) is 6.54 Å². The van der Waals surface area contributed by atoms with Crippen molar-refractivity contribution in [2.45, 2.75) is 13.0 Å². The molecule has 0 bridgehead atoms. The number of pyridine rings is 1. The summed E-state index contributed by atoms with van der Waals surface area (Å²) >= 11 is 1.46. The second-order valence-electron chi connectivity index (χ2n) is 7.80. The molecule has 2 aromatic heterocycles. The molecule has 0 fully saturated rings. The third-order valence-electron chi connectivity index (χ3n) is 5.57. The summed E-state index contributed by atoms with van der Waals surface area (Å²) < 4.78 is 0. The van der Waals surface area contributed by atoms with Crippen LogP contribution >= 0.6 is 11.3 Å². The van der Waals surface area contributed by atoms with Gasteiger partial charge in [-0.25, -0.2) is 4.98 Å². The first kappa shape index (κ1) is 21.7. The Morgan fingerprint density at radius 3 is 2.53 bits per heavy atom. The van der Waals surface area contributed by atoms with Crippen molar-refractivity contribution in [2.24, 2.45) is 0 Å². The Kier molecular flexibility index (Phi) is 5.97. The van der Waals surface area contributed by atoms with Gasteiger partial charge in [0, 0.05) is 23.7 Å². The molecule has 1 aliphatic rings. The van der Waals surface area contributed by atoms with Gasteiger partial charge in [-0.05, 0) is 42.3 Å².